The van der Waals surface area contributed by atoms with Crippen molar-refractivity contribution in [2.24, 2.45) is 5.92 Å². The van der Waals surface area contributed by atoms with Crippen molar-refractivity contribution in [3.8, 4) is 0 Å². The maximum Gasteiger partial charge on any atom is 0.0593 e. The Bertz CT molecular complexity index is 162. The minimum Gasteiger partial charge on any atom is -0.380 e. The van der Waals surface area contributed by atoms with Crippen LogP contribution in [0.5, 0.6) is 0 Å². The number of likely N-dealkylation sites (tertiary alicyclic amines) is 1. The molecule has 0 radical (unpaired) electrons. The van der Waals surface area contributed by atoms with Crippen LogP contribution in [0.4, 0.5) is 0 Å². The smallest absolute Gasteiger partial charge is 0.0593 e. The van der Waals surface area contributed by atoms with E-state index < -0.39 is 0 Å². The first-order chi connectivity index (χ1) is 7.22. The largest absolute Gasteiger partial charge is 0.380 e. The molecular weight excluding hydrogens is 188 g/mol. The fraction of sp³-hybridized carbons (Fsp3) is 1.00. The molecule has 0 spiro atoms. The van der Waals surface area contributed by atoms with Crippen LogP contribution in [-0.2, 0) is 4.74 Å². The molecule has 90 valence electrons. The molecule has 0 aliphatic carbocycles. The standard InChI is InChI=1S/C12H26N2O/c1-4-15-8-7-14-6-5-12(10-14)9-13-11(2)3/h11-13H,4-10H2,1-3H3. The molecule has 1 aliphatic rings. The Hall–Kier alpha value is -0.120. The van der Waals surface area contributed by atoms with Gasteiger partial charge in [0.2, 0.25) is 0 Å². The Morgan fingerprint density at radius 1 is 1.47 bits per heavy atom. The third-order valence-electron chi connectivity index (χ3n) is 2.94. The van der Waals surface area contributed by atoms with E-state index in [4.69, 9.17) is 4.74 Å². The van der Waals surface area contributed by atoms with Gasteiger partial charge in [0.1, 0.15) is 0 Å². The Morgan fingerprint density at radius 3 is 2.93 bits per heavy atom. The van der Waals surface area contributed by atoms with Crippen LogP contribution in [0.3, 0.4) is 0 Å². The molecule has 1 saturated heterocycles. The van der Waals surface area contributed by atoms with Crippen molar-refractivity contribution in [3.63, 3.8) is 0 Å². The second-order valence-corrected chi connectivity index (χ2v) is 4.72. The normalized spacial score (nSPS) is 22.8. The van der Waals surface area contributed by atoms with Crippen molar-refractivity contribution >= 4 is 0 Å². The number of rotatable bonds is 7. The molecule has 1 aliphatic heterocycles. The van der Waals surface area contributed by atoms with Crippen LogP contribution in [0.1, 0.15) is 27.2 Å². The lowest BCUT2D eigenvalue weighted by molar-refractivity contribution is 0.120. The molecule has 15 heavy (non-hydrogen) atoms. The lowest BCUT2D eigenvalue weighted by Crippen LogP contribution is -2.31. The first-order valence-electron chi connectivity index (χ1n) is 6.25. The fourth-order valence-electron chi connectivity index (χ4n) is 2.02. The van der Waals surface area contributed by atoms with Gasteiger partial charge in [0.15, 0.2) is 0 Å². The summed E-state index contributed by atoms with van der Waals surface area (Å²) >= 11 is 0. The van der Waals surface area contributed by atoms with Crippen molar-refractivity contribution in [2.45, 2.75) is 33.2 Å². The van der Waals surface area contributed by atoms with Gasteiger partial charge < -0.3 is 15.0 Å². The van der Waals surface area contributed by atoms with E-state index in [9.17, 15) is 0 Å². The van der Waals surface area contributed by atoms with E-state index in [-0.39, 0.29) is 0 Å². The van der Waals surface area contributed by atoms with E-state index in [1.807, 2.05) is 0 Å². The summed E-state index contributed by atoms with van der Waals surface area (Å²) < 4.78 is 5.37. The minimum atomic E-state index is 0.613. The van der Waals surface area contributed by atoms with Gasteiger partial charge in [-0.1, -0.05) is 13.8 Å². The molecule has 0 amide bonds. The molecule has 0 bridgehead atoms. The van der Waals surface area contributed by atoms with E-state index in [1.54, 1.807) is 0 Å². The Kier molecular flexibility index (Phi) is 6.22. The van der Waals surface area contributed by atoms with Gasteiger partial charge in [-0.25, -0.2) is 0 Å². The summed E-state index contributed by atoms with van der Waals surface area (Å²) in [4.78, 5) is 2.52. The van der Waals surface area contributed by atoms with Gasteiger partial charge in [0, 0.05) is 25.7 Å². The van der Waals surface area contributed by atoms with Crippen LogP contribution in [-0.4, -0.2) is 50.3 Å². The molecule has 1 unspecified atom stereocenters. The van der Waals surface area contributed by atoms with Gasteiger partial charge in [-0.15, -0.1) is 0 Å². The molecule has 3 heteroatoms. The van der Waals surface area contributed by atoms with E-state index in [0.29, 0.717) is 6.04 Å². The van der Waals surface area contributed by atoms with Gasteiger partial charge >= 0.3 is 0 Å². The first-order valence-corrected chi connectivity index (χ1v) is 6.25. The molecule has 1 rings (SSSR count). The van der Waals surface area contributed by atoms with E-state index >= 15 is 0 Å². The highest BCUT2D eigenvalue weighted by atomic mass is 16.5. The average molecular weight is 214 g/mol. The fourth-order valence-corrected chi connectivity index (χ4v) is 2.02. The van der Waals surface area contributed by atoms with Crippen LogP contribution >= 0.6 is 0 Å². The molecule has 0 aromatic carbocycles. The third kappa shape index (κ3) is 5.50. The summed E-state index contributed by atoms with van der Waals surface area (Å²) in [5, 5.41) is 3.52. The SMILES string of the molecule is CCOCCN1CCC(CNC(C)C)C1. The van der Waals surface area contributed by atoms with E-state index in [2.05, 4.69) is 31.0 Å². The zero-order valence-corrected chi connectivity index (χ0v) is 10.5. The van der Waals surface area contributed by atoms with Gasteiger partial charge in [0.05, 0.1) is 6.61 Å². The molecule has 0 aromatic heterocycles. The summed E-state index contributed by atoms with van der Waals surface area (Å²) in [5.41, 5.74) is 0. The van der Waals surface area contributed by atoms with Crippen LogP contribution in [0, 0.1) is 5.92 Å². The highest BCUT2D eigenvalue weighted by molar-refractivity contribution is 4.77. The summed E-state index contributed by atoms with van der Waals surface area (Å²) in [5.74, 6) is 0.842. The van der Waals surface area contributed by atoms with E-state index in [0.717, 1.165) is 25.7 Å². The van der Waals surface area contributed by atoms with E-state index in [1.165, 1.54) is 26.1 Å². The Balaban J connectivity index is 2.04. The van der Waals surface area contributed by atoms with Crippen molar-refractivity contribution in [1.29, 1.82) is 0 Å². The number of nitrogens with one attached hydrogen (secondary N) is 1. The molecule has 1 N–H and O–H groups in total. The molecular formula is C12H26N2O. The minimum absolute atomic E-state index is 0.613. The summed E-state index contributed by atoms with van der Waals surface area (Å²) in [6.07, 6.45) is 1.34. The number of hydrogen-bond donors (Lipinski definition) is 1. The van der Waals surface area contributed by atoms with Gasteiger partial charge in [-0.3, -0.25) is 0 Å². The quantitative estimate of drug-likeness (QED) is 0.647. The highest BCUT2D eigenvalue weighted by Crippen LogP contribution is 2.14. The van der Waals surface area contributed by atoms with Crippen LogP contribution in [0.25, 0.3) is 0 Å². The number of hydrogen-bond acceptors (Lipinski definition) is 3. The summed E-state index contributed by atoms with van der Waals surface area (Å²) in [6.45, 7) is 13.0. The predicted molar refractivity (Wildman–Crippen MR) is 64.2 cm³/mol. The summed E-state index contributed by atoms with van der Waals surface area (Å²) in [7, 11) is 0. The van der Waals surface area contributed by atoms with Gasteiger partial charge in [-0.2, -0.15) is 0 Å². The molecule has 1 fully saturated rings. The lowest BCUT2D eigenvalue weighted by Gasteiger charge is -2.16. The zero-order valence-electron chi connectivity index (χ0n) is 10.5. The monoisotopic (exact) mass is 214 g/mol. The van der Waals surface area contributed by atoms with Crippen molar-refractivity contribution in [3.05, 3.63) is 0 Å². The van der Waals surface area contributed by atoms with Gasteiger partial charge in [-0.05, 0) is 32.4 Å². The molecule has 1 heterocycles. The predicted octanol–water partition coefficient (Wildman–Crippen LogP) is 1.34. The first kappa shape index (κ1) is 12.9. The highest BCUT2D eigenvalue weighted by Gasteiger charge is 2.21. The molecule has 3 nitrogen and oxygen atoms in total. The zero-order chi connectivity index (χ0) is 11.1. The topological polar surface area (TPSA) is 24.5 Å². The maximum atomic E-state index is 5.37. The molecule has 0 aromatic rings. The van der Waals surface area contributed by atoms with Crippen molar-refractivity contribution in [2.75, 3.05) is 39.4 Å². The Morgan fingerprint density at radius 2 is 2.27 bits per heavy atom. The Labute approximate surface area is 94.2 Å². The third-order valence-corrected chi connectivity index (χ3v) is 2.94. The summed E-state index contributed by atoms with van der Waals surface area (Å²) in [6, 6.07) is 0.613. The average Bonchev–Trinajstić information content (AvgIpc) is 2.63. The number of nitrogens with zero attached hydrogens (tertiary/aromatic N) is 1. The number of ether oxygens (including phenoxy) is 1. The van der Waals surface area contributed by atoms with Gasteiger partial charge in [0.25, 0.3) is 0 Å². The van der Waals surface area contributed by atoms with Crippen LogP contribution < -0.4 is 5.32 Å². The van der Waals surface area contributed by atoms with Crippen LogP contribution in [0.15, 0.2) is 0 Å². The molecule has 1 atom stereocenters. The second kappa shape index (κ2) is 7.20. The van der Waals surface area contributed by atoms with Crippen LogP contribution in [0.2, 0.25) is 0 Å². The second-order valence-electron chi connectivity index (χ2n) is 4.72. The molecule has 0 saturated carbocycles. The van der Waals surface area contributed by atoms with Crippen molar-refractivity contribution in [1.82, 2.24) is 10.2 Å². The lowest BCUT2D eigenvalue weighted by atomic mass is 10.1. The maximum absolute atomic E-state index is 5.37. The van der Waals surface area contributed by atoms with Crippen molar-refractivity contribution < 1.29 is 4.74 Å².